The van der Waals surface area contributed by atoms with Gasteiger partial charge in [0.05, 0.1) is 0 Å². The number of likely N-dealkylation sites (tertiary alicyclic amines) is 2. The van der Waals surface area contributed by atoms with Crippen LogP contribution in [0.5, 0.6) is 0 Å². The molecule has 0 radical (unpaired) electrons. The lowest BCUT2D eigenvalue weighted by atomic mass is 9.89. The van der Waals surface area contributed by atoms with Crippen molar-refractivity contribution in [1.29, 1.82) is 0 Å². The number of nitrogens with two attached hydrogens (primary N) is 1. The molecule has 2 fully saturated rings. The molecule has 2 aromatic rings. The third-order valence-electron chi connectivity index (χ3n) is 6.82. The Hall–Kier alpha value is -2.17. The van der Waals surface area contributed by atoms with Crippen LogP contribution in [0.1, 0.15) is 52.7 Å². The molecule has 4 heteroatoms. The van der Waals surface area contributed by atoms with Gasteiger partial charge < -0.3 is 15.5 Å². The molecule has 0 bridgehead atoms. The van der Waals surface area contributed by atoms with E-state index in [9.17, 15) is 4.79 Å². The fourth-order valence-electron chi connectivity index (χ4n) is 5.26. The van der Waals surface area contributed by atoms with Crippen molar-refractivity contribution in [2.45, 2.75) is 64.1 Å². The fraction of sp³-hybridized carbons (Fsp3) is 0.500. The zero-order chi connectivity index (χ0) is 21.1. The highest BCUT2D eigenvalue weighted by molar-refractivity contribution is 5.95. The second kappa shape index (κ2) is 9.32. The summed E-state index contributed by atoms with van der Waals surface area (Å²) in [5.41, 5.74) is 10.6. The molecule has 30 heavy (non-hydrogen) atoms. The van der Waals surface area contributed by atoms with Crippen molar-refractivity contribution in [3.8, 4) is 0 Å². The predicted molar refractivity (Wildman–Crippen MR) is 123 cm³/mol. The Labute approximate surface area is 181 Å². The van der Waals surface area contributed by atoms with Crippen molar-refractivity contribution < 1.29 is 4.79 Å². The van der Waals surface area contributed by atoms with Gasteiger partial charge in [-0.05, 0) is 76.7 Å². The zero-order valence-corrected chi connectivity index (χ0v) is 18.4. The first kappa shape index (κ1) is 21.1. The maximum Gasteiger partial charge on any atom is 0.254 e. The van der Waals surface area contributed by atoms with Crippen molar-refractivity contribution in [3.05, 3.63) is 70.8 Å². The molecule has 160 valence electrons. The molecule has 2 N–H and O–H groups in total. The molecule has 0 aliphatic carbocycles. The lowest BCUT2D eigenvalue weighted by Crippen LogP contribution is -2.54. The minimum atomic E-state index is 0.182. The molecular formula is C26H35N3O. The van der Waals surface area contributed by atoms with E-state index in [1.54, 1.807) is 0 Å². The number of aryl methyl sites for hydroxylation is 2. The van der Waals surface area contributed by atoms with Gasteiger partial charge >= 0.3 is 0 Å². The first-order chi connectivity index (χ1) is 14.5. The third kappa shape index (κ3) is 4.93. The number of hydrogen-bond acceptors (Lipinski definition) is 3. The van der Waals surface area contributed by atoms with Crippen LogP contribution in [0.2, 0.25) is 0 Å². The van der Waals surface area contributed by atoms with Crippen LogP contribution in [0.15, 0.2) is 48.5 Å². The standard InChI is InChI=1S/C26H35N3O/c1-19-14-20(2)16-22(15-19)26(30)29-13-10-24(28-11-8-23(27)9-12-28)18-25(29)17-21-6-4-3-5-7-21/h3-7,14-16,23-25H,8-13,17-18,27H2,1-2H3/t24-,25+/m0/s1. The molecule has 4 nitrogen and oxygen atoms in total. The first-order valence-corrected chi connectivity index (χ1v) is 11.4. The lowest BCUT2D eigenvalue weighted by molar-refractivity contribution is 0.0384. The van der Waals surface area contributed by atoms with Crippen molar-refractivity contribution in [2.24, 2.45) is 5.73 Å². The van der Waals surface area contributed by atoms with Crippen LogP contribution in [-0.2, 0) is 6.42 Å². The highest BCUT2D eigenvalue weighted by Crippen LogP contribution is 2.28. The number of nitrogens with zero attached hydrogens (tertiary/aromatic N) is 2. The van der Waals surface area contributed by atoms with Gasteiger partial charge in [-0.3, -0.25) is 4.79 Å². The van der Waals surface area contributed by atoms with E-state index in [1.165, 1.54) is 5.56 Å². The molecular weight excluding hydrogens is 370 g/mol. The predicted octanol–water partition coefficient (Wildman–Crippen LogP) is 3.94. The number of benzene rings is 2. The van der Waals surface area contributed by atoms with E-state index < -0.39 is 0 Å². The molecule has 4 rings (SSSR count). The van der Waals surface area contributed by atoms with E-state index in [1.807, 2.05) is 12.1 Å². The molecule has 0 saturated carbocycles. The maximum atomic E-state index is 13.5. The summed E-state index contributed by atoms with van der Waals surface area (Å²) in [6, 6.07) is 18.0. The molecule has 0 unspecified atom stereocenters. The number of hydrogen-bond donors (Lipinski definition) is 1. The van der Waals surface area contributed by atoms with Gasteiger partial charge in [0.25, 0.3) is 5.91 Å². The van der Waals surface area contributed by atoms with Gasteiger partial charge in [-0.2, -0.15) is 0 Å². The molecule has 1 amide bonds. The third-order valence-corrected chi connectivity index (χ3v) is 6.82. The Bertz CT molecular complexity index is 838. The quantitative estimate of drug-likeness (QED) is 0.838. The monoisotopic (exact) mass is 405 g/mol. The molecule has 2 aliphatic rings. The molecule has 2 aromatic carbocycles. The second-order valence-corrected chi connectivity index (χ2v) is 9.27. The minimum Gasteiger partial charge on any atom is -0.335 e. The Morgan fingerprint density at radius 3 is 2.30 bits per heavy atom. The van der Waals surface area contributed by atoms with Crippen molar-refractivity contribution >= 4 is 5.91 Å². The van der Waals surface area contributed by atoms with Crippen LogP contribution in [0.4, 0.5) is 0 Å². The SMILES string of the molecule is Cc1cc(C)cc(C(=O)N2CC[C@H](N3CCC(N)CC3)C[C@H]2Cc2ccccc2)c1. The molecule has 2 saturated heterocycles. The highest BCUT2D eigenvalue weighted by Gasteiger charge is 2.35. The average molecular weight is 406 g/mol. The molecule has 2 atom stereocenters. The van der Waals surface area contributed by atoms with E-state index in [0.717, 1.165) is 68.4 Å². The smallest absolute Gasteiger partial charge is 0.254 e. The number of rotatable bonds is 4. The van der Waals surface area contributed by atoms with Crippen LogP contribution >= 0.6 is 0 Å². The summed E-state index contributed by atoms with van der Waals surface area (Å²) in [6.07, 6.45) is 5.19. The van der Waals surface area contributed by atoms with Crippen molar-refractivity contribution in [2.75, 3.05) is 19.6 Å². The average Bonchev–Trinajstić information content (AvgIpc) is 2.74. The van der Waals surface area contributed by atoms with Crippen LogP contribution in [0.25, 0.3) is 0 Å². The molecule has 0 aromatic heterocycles. The highest BCUT2D eigenvalue weighted by atomic mass is 16.2. The fourth-order valence-corrected chi connectivity index (χ4v) is 5.26. The van der Waals surface area contributed by atoms with Gasteiger partial charge in [-0.1, -0.05) is 47.5 Å². The summed E-state index contributed by atoms with van der Waals surface area (Å²) < 4.78 is 0. The second-order valence-electron chi connectivity index (χ2n) is 9.27. The minimum absolute atomic E-state index is 0.182. The molecule has 0 spiro atoms. The van der Waals surface area contributed by atoms with Gasteiger partial charge in [0.1, 0.15) is 0 Å². The van der Waals surface area contributed by atoms with E-state index in [4.69, 9.17) is 5.73 Å². The van der Waals surface area contributed by atoms with E-state index in [0.29, 0.717) is 12.1 Å². The zero-order valence-electron chi connectivity index (χ0n) is 18.4. The Morgan fingerprint density at radius 1 is 0.967 bits per heavy atom. The maximum absolute atomic E-state index is 13.5. The van der Waals surface area contributed by atoms with Crippen LogP contribution < -0.4 is 5.73 Å². The normalized spacial score (nSPS) is 23.5. The Balaban J connectivity index is 1.54. The molecule has 2 heterocycles. The number of carbonyl (C=O) groups is 1. The summed E-state index contributed by atoms with van der Waals surface area (Å²) in [5, 5.41) is 0. The van der Waals surface area contributed by atoms with Gasteiger partial charge in [0.2, 0.25) is 0 Å². The van der Waals surface area contributed by atoms with Crippen LogP contribution in [0, 0.1) is 13.8 Å². The summed E-state index contributed by atoms with van der Waals surface area (Å²) >= 11 is 0. The van der Waals surface area contributed by atoms with Crippen molar-refractivity contribution in [1.82, 2.24) is 9.80 Å². The summed E-state index contributed by atoms with van der Waals surface area (Å²) in [6.45, 7) is 7.15. The van der Waals surface area contributed by atoms with Crippen molar-refractivity contribution in [3.63, 3.8) is 0 Å². The molecule has 2 aliphatic heterocycles. The summed E-state index contributed by atoms with van der Waals surface area (Å²) in [7, 11) is 0. The summed E-state index contributed by atoms with van der Waals surface area (Å²) in [5.74, 6) is 0.182. The van der Waals surface area contributed by atoms with E-state index >= 15 is 0 Å². The van der Waals surface area contributed by atoms with Gasteiger partial charge in [-0.25, -0.2) is 0 Å². The van der Waals surface area contributed by atoms with Gasteiger partial charge in [0, 0.05) is 30.2 Å². The van der Waals surface area contributed by atoms with Crippen LogP contribution in [0.3, 0.4) is 0 Å². The van der Waals surface area contributed by atoms with E-state index in [-0.39, 0.29) is 11.9 Å². The Morgan fingerprint density at radius 2 is 1.63 bits per heavy atom. The number of piperidine rings is 2. The topological polar surface area (TPSA) is 49.6 Å². The van der Waals surface area contributed by atoms with Gasteiger partial charge in [0.15, 0.2) is 0 Å². The lowest BCUT2D eigenvalue weighted by Gasteiger charge is -2.45. The number of carbonyl (C=O) groups excluding carboxylic acids is 1. The largest absolute Gasteiger partial charge is 0.335 e. The first-order valence-electron chi connectivity index (χ1n) is 11.4. The Kier molecular flexibility index (Phi) is 6.55. The van der Waals surface area contributed by atoms with Gasteiger partial charge in [-0.15, -0.1) is 0 Å². The van der Waals surface area contributed by atoms with Crippen LogP contribution in [-0.4, -0.2) is 53.5 Å². The van der Waals surface area contributed by atoms with E-state index in [2.05, 4.69) is 60.0 Å². The number of amides is 1. The summed E-state index contributed by atoms with van der Waals surface area (Å²) in [4.78, 5) is 18.3.